The van der Waals surface area contributed by atoms with Crippen molar-refractivity contribution in [3.8, 4) is 11.5 Å². The van der Waals surface area contributed by atoms with E-state index in [1.165, 1.54) is 12.8 Å². The van der Waals surface area contributed by atoms with Crippen LogP contribution in [-0.4, -0.2) is 13.1 Å². The minimum Gasteiger partial charge on any atom is -0.428 e. The fourth-order valence-corrected chi connectivity index (χ4v) is 1.48. The largest absolute Gasteiger partial charge is 0.428 e. The Morgan fingerprint density at radius 1 is 1.13 bits per heavy atom. The number of rotatable bonds is 5. The van der Waals surface area contributed by atoms with E-state index < -0.39 is 6.48 Å². The van der Waals surface area contributed by atoms with Crippen molar-refractivity contribution in [2.45, 2.75) is 32.7 Å². The van der Waals surface area contributed by atoms with Gasteiger partial charge in [-0.25, -0.2) is 0 Å². The first-order valence-corrected chi connectivity index (χ1v) is 5.44. The Kier molecular flexibility index (Phi) is 3.45. The Balaban J connectivity index is 1.76. The molecular weight excluding hydrogens is 192 g/mol. The summed E-state index contributed by atoms with van der Waals surface area (Å²) in [5.74, 6) is 1.52. The molecule has 0 spiro atoms. The lowest BCUT2D eigenvalue weighted by Gasteiger charge is -2.10. The molecule has 1 aliphatic rings. The van der Waals surface area contributed by atoms with E-state index in [9.17, 15) is 0 Å². The zero-order valence-corrected chi connectivity index (χ0v) is 8.94. The van der Waals surface area contributed by atoms with Gasteiger partial charge in [-0.2, -0.15) is 0 Å². The molecule has 2 rings (SSSR count). The van der Waals surface area contributed by atoms with Crippen LogP contribution in [0.4, 0.5) is 0 Å². The van der Waals surface area contributed by atoms with Gasteiger partial charge >= 0.3 is 6.48 Å². The van der Waals surface area contributed by atoms with Crippen molar-refractivity contribution >= 4 is 0 Å². The molecule has 1 aliphatic heterocycles. The highest BCUT2D eigenvalue weighted by molar-refractivity contribution is 5.41. The van der Waals surface area contributed by atoms with Crippen molar-refractivity contribution in [2.75, 3.05) is 6.61 Å². The Morgan fingerprint density at radius 2 is 1.80 bits per heavy atom. The van der Waals surface area contributed by atoms with Gasteiger partial charge in [-0.05, 0) is 18.6 Å². The Hall–Kier alpha value is -1.22. The van der Waals surface area contributed by atoms with Crippen LogP contribution in [0.25, 0.3) is 0 Å². The number of fused-ring (bicyclic) bond motifs is 1. The smallest absolute Gasteiger partial charge is 0.361 e. The standard InChI is InChI=1S/C12H16O3/c1-2-3-6-9-13-12-14-10-7-4-5-8-11(10)15-12/h4-5,7-8,12H,2-3,6,9H2,1H3. The molecule has 0 aliphatic carbocycles. The summed E-state index contributed by atoms with van der Waals surface area (Å²) in [6.07, 6.45) is 3.42. The summed E-state index contributed by atoms with van der Waals surface area (Å²) in [5.41, 5.74) is 0. The van der Waals surface area contributed by atoms with Crippen LogP contribution in [0.5, 0.6) is 11.5 Å². The molecule has 3 heteroatoms. The maximum absolute atomic E-state index is 5.44. The van der Waals surface area contributed by atoms with E-state index in [1.54, 1.807) is 0 Å². The molecule has 0 unspecified atom stereocenters. The number of benzene rings is 1. The molecule has 82 valence electrons. The monoisotopic (exact) mass is 208 g/mol. The summed E-state index contributed by atoms with van der Waals surface area (Å²) < 4.78 is 16.3. The summed E-state index contributed by atoms with van der Waals surface area (Å²) in [5, 5.41) is 0. The zero-order chi connectivity index (χ0) is 10.5. The maximum Gasteiger partial charge on any atom is 0.361 e. The number of unbranched alkanes of at least 4 members (excludes halogenated alkanes) is 2. The van der Waals surface area contributed by atoms with Gasteiger partial charge in [-0.3, -0.25) is 0 Å². The molecule has 1 aromatic rings. The van der Waals surface area contributed by atoms with E-state index in [2.05, 4.69) is 6.92 Å². The van der Waals surface area contributed by atoms with Crippen molar-refractivity contribution in [1.82, 2.24) is 0 Å². The van der Waals surface area contributed by atoms with E-state index in [0.717, 1.165) is 17.9 Å². The predicted octanol–water partition coefficient (Wildman–Crippen LogP) is 2.95. The van der Waals surface area contributed by atoms with Crippen molar-refractivity contribution in [2.24, 2.45) is 0 Å². The lowest BCUT2D eigenvalue weighted by molar-refractivity contribution is -0.177. The third-order valence-corrected chi connectivity index (χ3v) is 2.30. The molecule has 1 aromatic carbocycles. The topological polar surface area (TPSA) is 27.7 Å². The maximum atomic E-state index is 5.44. The normalized spacial score (nSPS) is 14.5. The third-order valence-electron chi connectivity index (χ3n) is 2.30. The van der Waals surface area contributed by atoms with E-state index in [1.807, 2.05) is 24.3 Å². The second-order valence-electron chi connectivity index (χ2n) is 3.55. The van der Waals surface area contributed by atoms with Crippen LogP contribution in [0.15, 0.2) is 24.3 Å². The van der Waals surface area contributed by atoms with Gasteiger partial charge in [0.15, 0.2) is 11.5 Å². The highest BCUT2D eigenvalue weighted by Crippen LogP contribution is 2.34. The van der Waals surface area contributed by atoms with Crippen LogP contribution in [0, 0.1) is 0 Å². The van der Waals surface area contributed by atoms with Gasteiger partial charge in [0.2, 0.25) is 0 Å². The van der Waals surface area contributed by atoms with Gasteiger partial charge in [-0.1, -0.05) is 31.9 Å². The minimum atomic E-state index is -0.556. The SMILES string of the molecule is CCCCCOC1Oc2ccccc2O1. The Labute approximate surface area is 90.0 Å². The van der Waals surface area contributed by atoms with Gasteiger partial charge < -0.3 is 14.2 Å². The minimum absolute atomic E-state index is 0.556. The van der Waals surface area contributed by atoms with Gasteiger partial charge in [0, 0.05) is 0 Å². The molecule has 0 atom stereocenters. The van der Waals surface area contributed by atoms with Crippen LogP contribution in [0.2, 0.25) is 0 Å². The Morgan fingerprint density at radius 3 is 2.40 bits per heavy atom. The fourth-order valence-electron chi connectivity index (χ4n) is 1.48. The van der Waals surface area contributed by atoms with Crippen LogP contribution < -0.4 is 9.47 Å². The molecule has 0 aromatic heterocycles. The highest BCUT2D eigenvalue weighted by Gasteiger charge is 2.23. The van der Waals surface area contributed by atoms with Gasteiger partial charge in [0.1, 0.15) is 0 Å². The zero-order valence-electron chi connectivity index (χ0n) is 8.94. The molecule has 0 radical (unpaired) electrons. The summed E-state index contributed by atoms with van der Waals surface area (Å²) >= 11 is 0. The summed E-state index contributed by atoms with van der Waals surface area (Å²) in [7, 11) is 0. The van der Waals surface area contributed by atoms with E-state index in [0.29, 0.717) is 6.61 Å². The Bertz CT molecular complexity index is 286. The van der Waals surface area contributed by atoms with Crippen molar-refractivity contribution < 1.29 is 14.2 Å². The first kappa shape index (κ1) is 10.3. The van der Waals surface area contributed by atoms with Crippen LogP contribution in [0.1, 0.15) is 26.2 Å². The third kappa shape index (κ3) is 2.63. The van der Waals surface area contributed by atoms with Crippen molar-refractivity contribution in [3.63, 3.8) is 0 Å². The van der Waals surface area contributed by atoms with Crippen molar-refractivity contribution in [1.29, 1.82) is 0 Å². The molecule has 0 saturated carbocycles. The van der Waals surface area contributed by atoms with Crippen LogP contribution >= 0.6 is 0 Å². The second kappa shape index (κ2) is 5.03. The predicted molar refractivity (Wildman–Crippen MR) is 57.0 cm³/mol. The first-order valence-electron chi connectivity index (χ1n) is 5.44. The molecule has 0 bridgehead atoms. The summed E-state index contributed by atoms with van der Waals surface area (Å²) in [4.78, 5) is 0. The molecular formula is C12H16O3. The lowest BCUT2D eigenvalue weighted by Crippen LogP contribution is -2.22. The van der Waals surface area contributed by atoms with Crippen LogP contribution in [-0.2, 0) is 4.74 Å². The van der Waals surface area contributed by atoms with E-state index >= 15 is 0 Å². The first-order chi connectivity index (χ1) is 7.40. The molecule has 1 heterocycles. The molecule has 15 heavy (non-hydrogen) atoms. The molecule has 3 nitrogen and oxygen atoms in total. The lowest BCUT2D eigenvalue weighted by atomic mass is 10.3. The molecule has 0 fully saturated rings. The highest BCUT2D eigenvalue weighted by atomic mass is 16.9. The van der Waals surface area contributed by atoms with Crippen molar-refractivity contribution in [3.05, 3.63) is 24.3 Å². The van der Waals surface area contributed by atoms with Gasteiger partial charge in [-0.15, -0.1) is 0 Å². The van der Waals surface area contributed by atoms with E-state index in [4.69, 9.17) is 14.2 Å². The molecule has 0 amide bonds. The quantitative estimate of drug-likeness (QED) is 0.696. The average molecular weight is 208 g/mol. The fraction of sp³-hybridized carbons (Fsp3) is 0.500. The van der Waals surface area contributed by atoms with Crippen LogP contribution in [0.3, 0.4) is 0 Å². The number of para-hydroxylation sites is 2. The van der Waals surface area contributed by atoms with Gasteiger partial charge in [0.25, 0.3) is 0 Å². The molecule has 0 N–H and O–H groups in total. The number of hydrogen-bond acceptors (Lipinski definition) is 3. The molecule has 0 saturated heterocycles. The second-order valence-corrected chi connectivity index (χ2v) is 3.55. The number of hydrogen-bond donors (Lipinski definition) is 0. The summed E-state index contributed by atoms with van der Waals surface area (Å²) in [6, 6.07) is 7.60. The average Bonchev–Trinajstić information content (AvgIpc) is 2.67. The van der Waals surface area contributed by atoms with Gasteiger partial charge in [0.05, 0.1) is 6.61 Å². The summed E-state index contributed by atoms with van der Waals surface area (Å²) in [6.45, 7) is 2.30. The number of ether oxygens (including phenoxy) is 3. The van der Waals surface area contributed by atoms with E-state index in [-0.39, 0.29) is 0 Å².